The predicted octanol–water partition coefficient (Wildman–Crippen LogP) is 2.24. The van der Waals surface area contributed by atoms with Crippen LogP contribution in [0.1, 0.15) is 16.1 Å². The first-order chi connectivity index (χ1) is 9.99. The number of anilines is 1. The van der Waals surface area contributed by atoms with Crippen LogP contribution in [-0.2, 0) is 11.2 Å². The van der Waals surface area contributed by atoms with E-state index in [0.717, 1.165) is 12.1 Å². The van der Waals surface area contributed by atoms with E-state index in [9.17, 15) is 18.4 Å². The second-order valence-corrected chi connectivity index (χ2v) is 4.13. The van der Waals surface area contributed by atoms with Crippen molar-refractivity contribution in [1.29, 1.82) is 0 Å². The van der Waals surface area contributed by atoms with Gasteiger partial charge in [-0.3, -0.25) is 4.79 Å². The number of benzene rings is 1. The van der Waals surface area contributed by atoms with Crippen molar-refractivity contribution in [3.8, 4) is 0 Å². The van der Waals surface area contributed by atoms with Gasteiger partial charge in [0.25, 0.3) is 0 Å². The molecule has 5 nitrogen and oxygen atoms in total. The smallest absolute Gasteiger partial charge is 0.356 e. The quantitative estimate of drug-likeness (QED) is 0.905. The van der Waals surface area contributed by atoms with Gasteiger partial charge in [0.2, 0.25) is 5.91 Å². The molecule has 1 heterocycles. The normalized spacial score (nSPS) is 10.2. The van der Waals surface area contributed by atoms with Crippen LogP contribution in [0.15, 0.2) is 36.5 Å². The second-order valence-electron chi connectivity index (χ2n) is 4.13. The molecule has 0 fully saturated rings. The molecular weight excluding hydrogens is 282 g/mol. The van der Waals surface area contributed by atoms with E-state index in [4.69, 9.17) is 5.11 Å². The number of pyridine rings is 1. The average Bonchev–Trinajstić information content (AvgIpc) is 2.43. The van der Waals surface area contributed by atoms with Gasteiger partial charge < -0.3 is 10.4 Å². The van der Waals surface area contributed by atoms with Crippen LogP contribution in [0.4, 0.5) is 14.5 Å². The number of nitrogens with zero attached hydrogens (tertiary/aromatic N) is 1. The largest absolute Gasteiger partial charge is 0.476 e. The molecule has 0 radical (unpaired) electrons. The highest BCUT2D eigenvalue weighted by atomic mass is 19.1. The summed E-state index contributed by atoms with van der Waals surface area (Å²) >= 11 is 0. The molecule has 7 heteroatoms. The number of aromatic carboxylic acids is 1. The maximum atomic E-state index is 13.4. The van der Waals surface area contributed by atoms with E-state index in [1.165, 1.54) is 24.4 Å². The first-order valence-corrected chi connectivity index (χ1v) is 5.90. The lowest BCUT2D eigenvalue weighted by atomic mass is 10.1. The Balaban J connectivity index is 2.18. The molecule has 2 aromatic rings. The number of amides is 1. The number of aromatic nitrogens is 1. The molecule has 0 unspecified atom stereocenters. The Bertz CT molecular complexity index is 684. The molecule has 1 aromatic carbocycles. The van der Waals surface area contributed by atoms with Crippen molar-refractivity contribution in [3.05, 3.63) is 59.4 Å². The monoisotopic (exact) mass is 292 g/mol. The number of carboxylic acids is 1. The van der Waals surface area contributed by atoms with Gasteiger partial charge in [0.15, 0.2) is 5.69 Å². The number of nitrogens with one attached hydrogen (secondary N) is 1. The number of carbonyl (C=O) groups is 2. The standard InChI is InChI=1S/C14H10F2N2O3/c15-9-3-1-4-10(16)8(9)7-12(19)18-11-5-2-6-17-13(11)14(20)21/h1-6H,7H2,(H,18,19)(H,20,21). The van der Waals surface area contributed by atoms with E-state index in [1.807, 2.05) is 0 Å². The summed E-state index contributed by atoms with van der Waals surface area (Å²) < 4.78 is 26.9. The van der Waals surface area contributed by atoms with Crippen molar-refractivity contribution in [1.82, 2.24) is 4.98 Å². The fraction of sp³-hybridized carbons (Fsp3) is 0.0714. The minimum absolute atomic E-state index is 0.0354. The molecule has 0 aliphatic rings. The van der Waals surface area contributed by atoms with Gasteiger partial charge in [0, 0.05) is 11.8 Å². The fourth-order valence-corrected chi connectivity index (χ4v) is 1.73. The summed E-state index contributed by atoms with van der Waals surface area (Å²) in [7, 11) is 0. The van der Waals surface area contributed by atoms with Gasteiger partial charge in [0.05, 0.1) is 12.1 Å². The number of hydrogen-bond donors (Lipinski definition) is 2. The van der Waals surface area contributed by atoms with Gasteiger partial charge in [0.1, 0.15) is 11.6 Å². The lowest BCUT2D eigenvalue weighted by Gasteiger charge is -2.08. The molecule has 0 aliphatic carbocycles. The molecule has 1 amide bonds. The maximum absolute atomic E-state index is 13.4. The second kappa shape index (κ2) is 6.08. The molecule has 21 heavy (non-hydrogen) atoms. The molecule has 0 atom stereocenters. The molecule has 0 spiro atoms. The van der Waals surface area contributed by atoms with Crippen molar-refractivity contribution < 1.29 is 23.5 Å². The summed E-state index contributed by atoms with van der Waals surface area (Å²) in [5, 5.41) is 11.2. The summed E-state index contributed by atoms with van der Waals surface area (Å²) in [6, 6.07) is 6.05. The SMILES string of the molecule is O=C(Cc1c(F)cccc1F)Nc1cccnc1C(=O)O. The summed E-state index contributed by atoms with van der Waals surface area (Å²) in [5.74, 6) is -3.73. The molecule has 2 rings (SSSR count). The molecule has 0 aliphatic heterocycles. The molecule has 108 valence electrons. The third-order valence-corrected chi connectivity index (χ3v) is 2.68. The number of rotatable bonds is 4. The zero-order valence-electron chi connectivity index (χ0n) is 10.6. The molecule has 0 bridgehead atoms. The van der Waals surface area contributed by atoms with Crippen molar-refractivity contribution in [2.24, 2.45) is 0 Å². The summed E-state index contributed by atoms with van der Waals surface area (Å²) in [6.45, 7) is 0. The third-order valence-electron chi connectivity index (χ3n) is 2.68. The van der Waals surface area contributed by atoms with Gasteiger partial charge in [-0.2, -0.15) is 0 Å². The van der Waals surface area contributed by atoms with Gasteiger partial charge in [-0.1, -0.05) is 6.07 Å². The Morgan fingerprint density at radius 3 is 2.43 bits per heavy atom. The molecule has 0 saturated carbocycles. The molecular formula is C14H10F2N2O3. The topological polar surface area (TPSA) is 79.3 Å². The van der Waals surface area contributed by atoms with Gasteiger partial charge >= 0.3 is 5.97 Å². The van der Waals surface area contributed by atoms with E-state index >= 15 is 0 Å². The van der Waals surface area contributed by atoms with Crippen LogP contribution in [0.25, 0.3) is 0 Å². The van der Waals surface area contributed by atoms with Crippen LogP contribution in [0.3, 0.4) is 0 Å². The number of halogens is 2. The van der Waals surface area contributed by atoms with Gasteiger partial charge in [-0.25, -0.2) is 18.6 Å². The Hall–Kier alpha value is -2.83. The first kappa shape index (κ1) is 14.6. The van der Waals surface area contributed by atoms with Crippen molar-refractivity contribution in [2.75, 3.05) is 5.32 Å². The van der Waals surface area contributed by atoms with E-state index in [0.29, 0.717) is 0 Å². The van der Waals surface area contributed by atoms with E-state index in [2.05, 4.69) is 10.3 Å². The van der Waals surface area contributed by atoms with E-state index in [-0.39, 0.29) is 16.9 Å². The molecule has 0 saturated heterocycles. The van der Waals surface area contributed by atoms with Crippen LogP contribution < -0.4 is 5.32 Å². The highest BCUT2D eigenvalue weighted by Crippen LogP contribution is 2.16. The van der Waals surface area contributed by atoms with Gasteiger partial charge in [-0.05, 0) is 24.3 Å². The third kappa shape index (κ3) is 3.38. The number of carbonyl (C=O) groups excluding carboxylic acids is 1. The van der Waals surface area contributed by atoms with E-state index < -0.39 is 29.9 Å². The summed E-state index contributed by atoms with van der Waals surface area (Å²) in [5.41, 5.74) is -0.762. The Morgan fingerprint density at radius 2 is 1.81 bits per heavy atom. The summed E-state index contributed by atoms with van der Waals surface area (Å²) in [4.78, 5) is 26.3. The average molecular weight is 292 g/mol. The Labute approximate surface area is 118 Å². The van der Waals surface area contributed by atoms with Crippen molar-refractivity contribution in [3.63, 3.8) is 0 Å². The zero-order chi connectivity index (χ0) is 15.4. The minimum atomic E-state index is -1.32. The Kier molecular flexibility index (Phi) is 4.22. The highest BCUT2D eigenvalue weighted by molar-refractivity contribution is 5.99. The maximum Gasteiger partial charge on any atom is 0.356 e. The lowest BCUT2D eigenvalue weighted by Crippen LogP contribution is -2.18. The zero-order valence-corrected chi connectivity index (χ0v) is 10.6. The summed E-state index contributed by atoms with van der Waals surface area (Å²) in [6.07, 6.45) is 0.710. The molecule has 2 N–H and O–H groups in total. The predicted molar refractivity (Wildman–Crippen MR) is 69.9 cm³/mol. The van der Waals surface area contributed by atoms with Crippen molar-refractivity contribution in [2.45, 2.75) is 6.42 Å². The van der Waals surface area contributed by atoms with Crippen LogP contribution in [0, 0.1) is 11.6 Å². The van der Waals surface area contributed by atoms with Gasteiger partial charge in [-0.15, -0.1) is 0 Å². The minimum Gasteiger partial charge on any atom is -0.476 e. The van der Waals surface area contributed by atoms with E-state index in [1.54, 1.807) is 0 Å². The van der Waals surface area contributed by atoms with Crippen molar-refractivity contribution >= 4 is 17.6 Å². The Morgan fingerprint density at radius 1 is 1.14 bits per heavy atom. The molecule has 1 aromatic heterocycles. The number of carboxylic acid groups (broad SMARTS) is 1. The van der Waals surface area contributed by atoms with Crippen LogP contribution in [0.5, 0.6) is 0 Å². The lowest BCUT2D eigenvalue weighted by molar-refractivity contribution is -0.115. The highest BCUT2D eigenvalue weighted by Gasteiger charge is 2.16. The first-order valence-electron chi connectivity index (χ1n) is 5.90. The van der Waals surface area contributed by atoms with Crippen LogP contribution in [0.2, 0.25) is 0 Å². The van der Waals surface area contributed by atoms with Crippen LogP contribution in [-0.4, -0.2) is 22.0 Å². The fourth-order valence-electron chi connectivity index (χ4n) is 1.73. The van der Waals surface area contributed by atoms with Crippen LogP contribution >= 0.6 is 0 Å². The number of hydrogen-bond acceptors (Lipinski definition) is 3.